The van der Waals surface area contributed by atoms with Crippen molar-refractivity contribution < 1.29 is 29.0 Å². The number of hydrogen-bond acceptors (Lipinski definition) is 8. The molecule has 300 valence electrons. The van der Waals surface area contributed by atoms with E-state index in [1.54, 1.807) is 48.7 Å². The van der Waals surface area contributed by atoms with E-state index in [1.165, 1.54) is 0 Å². The molecule has 11 nitrogen and oxygen atoms in total. The van der Waals surface area contributed by atoms with Crippen LogP contribution in [0.25, 0.3) is 11.1 Å². The number of hydrogen-bond donors (Lipinski definition) is 3. The lowest BCUT2D eigenvalue weighted by Crippen LogP contribution is -2.54. The predicted molar refractivity (Wildman–Crippen MR) is 227 cm³/mol. The molecule has 3 N–H and O–H groups in total. The van der Waals surface area contributed by atoms with E-state index in [1.807, 2.05) is 83.8 Å². The number of benzene rings is 5. The van der Waals surface area contributed by atoms with E-state index in [4.69, 9.17) is 37.9 Å². The molecule has 60 heavy (non-hydrogen) atoms. The van der Waals surface area contributed by atoms with Gasteiger partial charge in [0.25, 0.3) is 5.91 Å². The van der Waals surface area contributed by atoms with Crippen molar-refractivity contribution in [2.75, 3.05) is 5.32 Å². The van der Waals surface area contributed by atoms with Gasteiger partial charge < -0.3 is 25.2 Å². The monoisotopic (exact) mass is 837 g/mol. The molecular formula is C47H37Cl2N5O6. The fourth-order valence-corrected chi connectivity index (χ4v) is 7.72. The molecular weight excluding hydrogens is 801 g/mol. The molecule has 0 saturated carbocycles. The zero-order valence-corrected chi connectivity index (χ0v) is 33.5. The summed E-state index contributed by atoms with van der Waals surface area (Å²) < 4.78 is 12.2. The van der Waals surface area contributed by atoms with Crippen molar-refractivity contribution in [2.45, 2.75) is 50.7 Å². The van der Waals surface area contributed by atoms with E-state index >= 15 is 0 Å². The summed E-state index contributed by atoms with van der Waals surface area (Å²) >= 11 is 12.0. The number of aliphatic carboxylic acids is 1. The first-order valence-corrected chi connectivity index (χ1v) is 19.9. The Bertz CT molecular complexity index is 2600. The molecule has 0 bridgehead atoms. The van der Waals surface area contributed by atoms with E-state index < -0.39 is 30.1 Å². The van der Waals surface area contributed by atoms with Gasteiger partial charge in [0.15, 0.2) is 0 Å². The number of amides is 2. The van der Waals surface area contributed by atoms with Gasteiger partial charge in [-0.3, -0.25) is 14.5 Å². The smallest absolute Gasteiger partial charge is 0.326 e. The Labute approximate surface area is 356 Å². The van der Waals surface area contributed by atoms with Crippen molar-refractivity contribution in [2.24, 2.45) is 0 Å². The molecule has 0 spiro atoms. The molecule has 8 rings (SSSR count). The van der Waals surface area contributed by atoms with Crippen LogP contribution in [-0.2, 0) is 46.9 Å². The molecule has 2 amide bonds. The minimum atomic E-state index is -1.17. The predicted octanol–water partition coefficient (Wildman–Crippen LogP) is 8.32. The summed E-state index contributed by atoms with van der Waals surface area (Å²) in [6.45, 7) is 1.05. The van der Waals surface area contributed by atoms with Crippen LogP contribution in [0.5, 0.6) is 11.5 Å². The Morgan fingerprint density at radius 3 is 2.32 bits per heavy atom. The van der Waals surface area contributed by atoms with Gasteiger partial charge in [0.1, 0.15) is 29.3 Å². The molecule has 2 aliphatic rings. The normalized spacial score (nSPS) is 16.2. The van der Waals surface area contributed by atoms with E-state index in [9.17, 15) is 19.5 Å². The molecule has 0 aliphatic carbocycles. The third-order valence-corrected chi connectivity index (χ3v) is 11.3. The lowest BCUT2D eigenvalue weighted by atomic mass is 9.91. The highest BCUT2D eigenvalue weighted by atomic mass is 35.5. The lowest BCUT2D eigenvalue weighted by molar-refractivity contribution is -0.142. The number of halogens is 2. The maximum absolute atomic E-state index is 14.2. The van der Waals surface area contributed by atoms with Gasteiger partial charge in [-0.25, -0.2) is 9.78 Å². The van der Waals surface area contributed by atoms with Crippen LogP contribution in [0.4, 0.5) is 5.69 Å². The topological polar surface area (TPSA) is 154 Å². The molecule has 0 fully saturated rings. The van der Waals surface area contributed by atoms with Crippen LogP contribution in [0.1, 0.15) is 45.0 Å². The number of ether oxygens (including phenoxy) is 2. The number of fused-ring (bicyclic) bond motifs is 2. The standard InChI is InChI=1S/C47H37Cl2N5O6/c48-38-18-31(24-51-44(38)49)27-59-37-16-14-34(15-17-37)43-46(56)52-39-20-35-21-41(54(25-30-4-2-1-3-5-30)26-36(35)22-42(39)60-43)45(55)53-40(47(57)58)19-28-6-10-32(11-7-28)33-12-8-29(23-50)9-13-33/h1-18,20,22,24,40-41,43H,19,21,25-27H2,(H,52,56)(H,53,55)(H,57,58)/t40?,41-,43-/m0/s1. The van der Waals surface area contributed by atoms with Crippen molar-refractivity contribution in [3.63, 3.8) is 0 Å². The Kier molecular flexibility index (Phi) is 11.8. The van der Waals surface area contributed by atoms with Gasteiger partial charge >= 0.3 is 5.97 Å². The number of carbonyl (C=O) groups excluding carboxylic acids is 2. The molecule has 1 aromatic heterocycles. The summed E-state index contributed by atoms with van der Waals surface area (Å²) in [4.78, 5) is 46.2. The number of pyridine rings is 1. The highest BCUT2D eigenvalue weighted by Gasteiger charge is 2.36. The van der Waals surface area contributed by atoms with Crippen molar-refractivity contribution in [3.8, 4) is 28.7 Å². The molecule has 1 unspecified atom stereocenters. The lowest BCUT2D eigenvalue weighted by Gasteiger charge is -2.37. The Morgan fingerprint density at radius 1 is 0.917 bits per heavy atom. The Balaban J connectivity index is 0.972. The van der Waals surface area contributed by atoms with E-state index in [0.717, 1.165) is 38.9 Å². The second kappa shape index (κ2) is 17.6. The van der Waals surface area contributed by atoms with Gasteiger partial charge in [0.2, 0.25) is 12.0 Å². The average Bonchev–Trinajstić information content (AvgIpc) is 3.26. The molecule has 5 aromatic carbocycles. The van der Waals surface area contributed by atoms with Crippen LogP contribution in [0, 0.1) is 11.3 Å². The van der Waals surface area contributed by atoms with Gasteiger partial charge in [-0.2, -0.15) is 5.26 Å². The maximum Gasteiger partial charge on any atom is 0.326 e. The number of carboxylic acids is 1. The second-order valence-electron chi connectivity index (χ2n) is 14.7. The molecule has 13 heteroatoms. The summed E-state index contributed by atoms with van der Waals surface area (Å²) in [5.74, 6) is -0.807. The number of carbonyl (C=O) groups is 3. The molecule has 2 aliphatic heterocycles. The van der Waals surface area contributed by atoms with Crippen molar-refractivity contribution in [3.05, 3.63) is 177 Å². The van der Waals surface area contributed by atoms with E-state index in [-0.39, 0.29) is 30.5 Å². The number of aromatic nitrogens is 1. The number of rotatable bonds is 12. The highest BCUT2D eigenvalue weighted by molar-refractivity contribution is 6.41. The van der Waals surface area contributed by atoms with Gasteiger partial charge in [-0.1, -0.05) is 102 Å². The summed E-state index contributed by atoms with van der Waals surface area (Å²) in [5, 5.41) is 25.8. The van der Waals surface area contributed by atoms with Gasteiger partial charge in [-0.15, -0.1) is 0 Å². The summed E-state index contributed by atoms with van der Waals surface area (Å²) in [6.07, 6.45) is 1.05. The average molecular weight is 839 g/mol. The Hall–Kier alpha value is -6.71. The van der Waals surface area contributed by atoms with Crippen LogP contribution >= 0.6 is 23.2 Å². The van der Waals surface area contributed by atoms with E-state index in [0.29, 0.717) is 46.4 Å². The van der Waals surface area contributed by atoms with Crippen LogP contribution in [0.15, 0.2) is 128 Å². The fourth-order valence-electron chi connectivity index (χ4n) is 7.43. The molecule has 3 atom stereocenters. The molecule has 0 saturated heterocycles. The quantitative estimate of drug-likeness (QED) is 0.103. The SMILES string of the molecule is N#Cc1ccc(-c2ccc(CC(NC(=O)[C@@H]3Cc4cc5c(cc4CN3Cc3ccccc3)O[C@@H](c3ccc(OCc4cnc(Cl)c(Cl)c4)cc3)C(=O)N5)C(=O)O)cc2)cc1. The van der Waals surface area contributed by atoms with Crippen molar-refractivity contribution >= 4 is 46.7 Å². The minimum absolute atomic E-state index is 0.0843. The molecule has 6 aromatic rings. The highest BCUT2D eigenvalue weighted by Crippen LogP contribution is 2.40. The van der Waals surface area contributed by atoms with Gasteiger partial charge in [0.05, 0.1) is 28.4 Å². The zero-order chi connectivity index (χ0) is 41.8. The largest absolute Gasteiger partial charge is 0.489 e. The van der Waals surface area contributed by atoms with Crippen LogP contribution in [0.2, 0.25) is 10.2 Å². The summed E-state index contributed by atoms with van der Waals surface area (Å²) in [7, 11) is 0. The fraction of sp³-hybridized carbons (Fsp3) is 0.170. The molecule has 0 radical (unpaired) electrons. The van der Waals surface area contributed by atoms with Crippen LogP contribution < -0.4 is 20.1 Å². The number of anilines is 1. The molecule has 3 heterocycles. The number of nitrogens with one attached hydrogen (secondary N) is 2. The second-order valence-corrected chi connectivity index (χ2v) is 15.4. The zero-order valence-electron chi connectivity index (χ0n) is 32.0. The van der Waals surface area contributed by atoms with Crippen molar-refractivity contribution in [1.82, 2.24) is 15.2 Å². The number of carboxylic acid groups (broad SMARTS) is 1. The van der Waals surface area contributed by atoms with E-state index in [2.05, 4.69) is 21.7 Å². The first kappa shape index (κ1) is 40.1. The van der Waals surface area contributed by atoms with Gasteiger partial charge in [-0.05, 0) is 82.3 Å². The minimum Gasteiger partial charge on any atom is -0.489 e. The summed E-state index contributed by atoms with van der Waals surface area (Å²) in [6, 6.07) is 37.3. The summed E-state index contributed by atoms with van der Waals surface area (Å²) in [5.41, 5.74) is 7.83. The van der Waals surface area contributed by atoms with Crippen molar-refractivity contribution in [1.29, 1.82) is 5.26 Å². The Morgan fingerprint density at radius 2 is 1.63 bits per heavy atom. The first-order chi connectivity index (χ1) is 29.1. The third kappa shape index (κ3) is 9.12. The number of nitriles is 1. The maximum atomic E-state index is 14.2. The van der Waals surface area contributed by atoms with Gasteiger partial charge in [0, 0.05) is 36.8 Å². The number of nitrogens with zero attached hydrogens (tertiary/aromatic N) is 3. The van der Waals surface area contributed by atoms with Crippen LogP contribution in [0.3, 0.4) is 0 Å². The van der Waals surface area contributed by atoms with Crippen LogP contribution in [-0.4, -0.2) is 44.9 Å². The first-order valence-electron chi connectivity index (χ1n) is 19.2. The third-order valence-electron chi connectivity index (χ3n) is 10.6.